The van der Waals surface area contributed by atoms with Crippen molar-refractivity contribution in [3.05, 3.63) is 22.6 Å². The monoisotopic (exact) mass is 417 g/mol. The number of aromatic nitrogens is 1. The van der Waals surface area contributed by atoms with Crippen LogP contribution in [-0.4, -0.2) is 52.7 Å². The maximum absolute atomic E-state index is 13.5. The van der Waals surface area contributed by atoms with Gasteiger partial charge in [0.25, 0.3) is 5.91 Å². The Labute approximate surface area is 162 Å². The third-order valence-electron chi connectivity index (χ3n) is 4.64. The van der Waals surface area contributed by atoms with Crippen LogP contribution in [0.2, 0.25) is 0 Å². The Morgan fingerprint density at radius 1 is 1.43 bits per heavy atom. The summed E-state index contributed by atoms with van der Waals surface area (Å²) in [6.07, 6.45) is -5.48. The molecule has 2 aromatic rings. The first kappa shape index (κ1) is 20.2. The average molecular weight is 417 g/mol. The molecule has 0 radical (unpaired) electrons. The van der Waals surface area contributed by atoms with E-state index in [0.29, 0.717) is 12.8 Å². The molecule has 2 N–H and O–H groups in total. The van der Waals surface area contributed by atoms with Gasteiger partial charge in [0.1, 0.15) is 6.10 Å². The number of piperidine rings is 1. The summed E-state index contributed by atoms with van der Waals surface area (Å²) in [5.41, 5.74) is -0.929. The topological polar surface area (TPSA) is 91.8 Å². The fourth-order valence-corrected chi connectivity index (χ4v) is 4.27. The van der Waals surface area contributed by atoms with E-state index in [4.69, 9.17) is 9.84 Å². The molecule has 1 fully saturated rings. The molecule has 0 bridgehead atoms. The summed E-state index contributed by atoms with van der Waals surface area (Å²) in [6, 6.07) is 0.505. The molecule has 1 saturated heterocycles. The Morgan fingerprint density at radius 3 is 2.71 bits per heavy atom. The first-order valence-corrected chi connectivity index (χ1v) is 9.37. The zero-order valence-electron chi connectivity index (χ0n) is 15.0. The van der Waals surface area contributed by atoms with Crippen molar-refractivity contribution in [1.82, 2.24) is 15.2 Å². The highest BCUT2D eigenvalue weighted by Gasteiger charge is 2.36. The van der Waals surface area contributed by atoms with Gasteiger partial charge in [-0.05, 0) is 6.92 Å². The molecule has 152 valence electrons. The fourth-order valence-electron chi connectivity index (χ4n) is 3.24. The van der Waals surface area contributed by atoms with E-state index < -0.39 is 29.8 Å². The summed E-state index contributed by atoms with van der Waals surface area (Å²) < 4.78 is 46.1. The highest BCUT2D eigenvalue weighted by Crippen LogP contribution is 2.40. The predicted octanol–water partition coefficient (Wildman–Crippen LogP) is 3.58. The zero-order valence-corrected chi connectivity index (χ0v) is 15.9. The van der Waals surface area contributed by atoms with Crippen LogP contribution in [0.4, 0.5) is 18.0 Å². The Morgan fingerprint density at radius 2 is 2.14 bits per heavy atom. The number of carboxylic acid groups (broad SMARTS) is 1. The quantitative estimate of drug-likeness (QED) is 0.797. The predicted molar refractivity (Wildman–Crippen MR) is 95.9 cm³/mol. The number of likely N-dealkylation sites (tertiary alicyclic amines) is 1. The molecule has 3 rings (SSSR count). The van der Waals surface area contributed by atoms with Crippen molar-refractivity contribution in [2.75, 3.05) is 13.6 Å². The van der Waals surface area contributed by atoms with Crippen LogP contribution >= 0.6 is 11.3 Å². The fraction of sp³-hybridized carbons (Fsp3) is 0.471. The smallest absolute Gasteiger partial charge is 0.418 e. The van der Waals surface area contributed by atoms with E-state index in [1.807, 2.05) is 0 Å². The third kappa shape index (κ3) is 3.84. The number of hydrogen-bond acceptors (Lipinski definition) is 5. The molecule has 2 amide bonds. The number of alkyl halides is 3. The number of nitrogens with one attached hydrogen (secondary N) is 1. The summed E-state index contributed by atoms with van der Waals surface area (Å²) in [4.78, 5) is 28.5. The minimum absolute atomic E-state index is 0.0486. The Bertz CT molecular complexity index is 915. The van der Waals surface area contributed by atoms with Crippen molar-refractivity contribution < 1.29 is 32.6 Å². The highest BCUT2D eigenvalue weighted by molar-refractivity contribution is 7.17. The molecule has 0 saturated carbocycles. The number of carbonyl (C=O) groups excluding carboxylic acids is 1. The molecule has 0 aromatic carbocycles. The summed E-state index contributed by atoms with van der Waals surface area (Å²) in [7, 11) is 1.38. The standard InChI is InChI=1S/C17H18F3N3O4S/c1-8-5-9(3-4-23(8)16(25)26)27-12-6-11(17(18,19)20)14-13(22-12)10(7-28-14)15(24)21-2/h6-9H,3-5H2,1-2H3,(H,21,24)(H,25,26)/t8-,9-/m1/s1. The van der Waals surface area contributed by atoms with Gasteiger partial charge in [-0.1, -0.05) is 0 Å². The third-order valence-corrected chi connectivity index (χ3v) is 5.64. The van der Waals surface area contributed by atoms with Crippen LogP contribution in [0.1, 0.15) is 35.7 Å². The van der Waals surface area contributed by atoms with E-state index in [2.05, 4.69) is 10.3 Å². The van der Waals surface area contributed by atoms with Gasteiger partial charge in [-0.2, -0.15) is 13.2 Å². The molecular weight excluding hydrogens is 399 g/mol. The van der Waals surface area contributed by atoms with Crippen LogP contribution in [0.25, 0.3) is 10.2 Å². The van der Waals surface area contributed by atoms with E-state index >= 15 is 0 Å². The summed E-state index contributed by atoms with van der Waals surface area (Å²) >= 11 is 0.799. The van der Waals surface area contributed by atoms with E-state index in [1.165, 1.54) is 17.3 Å². The molecule has 28 heavy (non-hydrogen) atoms. The van der Waals surface area contributed by atoms with Gasteiger partial charge in [-0.25, -0.2) is 9.78 Å². The lowest BCUT2D eigenvalue weighted by Crippen LogP contribution is -2.46. The van der Waals surface area contributed by atoms with E-state index in [9.17, 15) is 22.8 Å². The maximum Gasteiger partial charge on any atom is 0.418 e. The van der Waals surface area contributed by atoms with Gasteiger partial charge in [-0.15, -0.1) is 11.3 Å². The Balaban J connectivity index is 1.95. The van der Waals surface area contributed by atoms with Gasteiger partial charge in [0, 0.05) is 43.9 Å². The lowest BCUT2D eigenvalue weighted by atomic mass is 10.0. The number of thiophene rings is 1. The summed E-state index contributed by atoms with van der Waals surface area (Å²) in [5.74, 6) is -0.767. The van der Waals surface area contributed by atoms with Gasteiger partial charge in [0.2, 0.25) is 5.88 Å². The Kier molecular flexibility index (Phi) is 5.37. The second-order valence-corrected chi connectivity index (χ2v) is 7.38. The van der Waals surface area contributed by atoms with E-state index in [-0.39, 0.29) is 34.2 Å². The van der Waals surface area contributed by atoms with Crippen LogP contribution in [0.5, 0.6) is 5.88 Å². The van der Waals surface area contributed by atoms with Crippen molar-refractivity contribution in [1.29, 1.82) is 0 Å². The summed E-state index contributed by atoms with van der Waals surface area (Å²) in [5, 5.41) is 12.8. The molecular formula is C17H18F3N3O4S. The largest absolute Gasteiger partial charge is 0.474 e. The molecule has 1 aliphatic heterocycles. The number of halogens is 3. The number of pyridine rings is 1. The average Bonchev–Trinajstić information content (AvgIpc) is 3.03. The van der Waals surface area contributed by atoms with Crippen molar-refractivity contribution in [2.45, 2.75) is 38.1 Å². The molecule has 0 aliphatic carbocycles. The van der Waals surface area contributed by atoms with Gasteiger partial charge >= 0.3 is 12.3 Å². The summed E-state index contributed by atoms with van der Waals surface area (Å²) in [6.45, 7) is 1.93. The number of hydrogen-bond donors (Lipinski definition) is 2. The Hall–Kier alpha value is -2.56. The SMILES string of the molecule is CNC(=O)c1csc2c(C(F)(F)F)cc(O[C@@H]3CCN(C(=O)O)[C@H](C)C3)nc12. The molecule has 2 aromatic heterocycles. The first-order valence-electron chi connectivity index (χ1n) is 8.49. The molecule has 0 spiro atoms. The van der Waals surface area contributed by atoms with Crippen molar-refractivity contribution in [3.63, 3.8) is 0 Å². The first-order chi connectivity index (χ1) is 13.1. The normalized spacial score (nSPS) is 20.2. The second-order valence-electron chi connectivity index (χ2n) is 6.50. The number of nitrogens with zero attached hydrogens (tertiary/aromatic N) is 2. The van der Waals surface area contributed by atoms with Crippen LogP contribution in [-0.2, 0) is 6.18 Å². The number of amides is 2. The molecule has 11 heteroatoms. The lowest BCUT2D eigenvalue weighted by Gasteiger charge is -2.35. The van der Waals surface area contributed by atoms with Crippen LogP contribution in [0, 0.1) is 0 Å². The number of ether oxygens (including phenoxy) is 1. The van der Waals surface area contributed by atoms with Gasteiger partial charge < -0.3 is 20.1 Å². The molecule has 0 unspecified atom stereocenters. The molecule has 7 nitrogen and oxygen atoms in total. The second kappa shape index (κ2) is 7.46. The molecule has 1 aliphatic rings. The highest BCUT2D eigenvalue weighted by atomic mass is 32.1. The lowest BCUT2D eigenvalue weighted by molar-refractivity contribution is -0.136. The van der Waals surface area contributed by atoms with Crippen molar-refractivity contribution >= 4 is 33.6 Å². The van der Waals surface area contributed by atoms with Crippen LogP contribution < -0.4 is 10.1 Å². The maximum atomic E-state index is 13.5. The van der Waals surface area contributed by atoms with E-state index in [1.54, 1.807) is 6.92 Å². The molecule has 2 atom stereocenters. The zero-order chi connectivity index (χ0) is 20.6. The van der Waals surface area contributed by atoms with Crippen LogP contribution in [0.15, 0.2) is 11.4 Å². The van der Waals surface area contributed by atoms with Gasteiger partial charge in [0.15, 0.2) is 0 Å². The number of fused-ring (bicyclic) bond motifs is 1. The van der Waals surface area contributed by atoms with Crippen molar-refractivity contribution in [3.8, 4) is 5.88 Å². The minimum Gasteiger partial charge on any atom is -0.474 e. The minimum atomic E-state index is -4.63. The van der Waals surface area contributed by atoms with Gasteiger partial charge in [0.05, 0.1) is 21.3 Å². The van der Waals surface area contributed by atoms with E-state index in [0.717, 1.165) is 17.4 Å². The van der Waals surface area contributed by atoms with Gasteiger partial charge in [-0.3, -0.25) is 4.79 Å². The van der Waals surface area contributed by atoms with Crippen molar-refractivity contribution in [2.24, 2.45) is 0 Å². The number of carbonyl (C=O) groups is 2. The number of rotatable bonds is 3. The molecule has 3 heterocycles. The van der Waals surface area contributed by atoms with Crippen LogP contribution in [0.3, 0.4) is 0 Å².